The van der Waals surface area contributed by atoms with Crippen molar-refractivity contribution in [3.8, 4) is 0 Å². The summed E-state index contributed by atoms with van der Waals surface area (Å²) in [5.74, 6) is -0.274. The second-order valence-electron chi connectivity index (χ2n) is 8.49. The highest BCUT2D eigenvalue weighted by molar-refractivity contribution is 5.99. The van der Waals surface area contributed by atoms with Crippen LogP contribution in [0.5, 0.6) is 0 Å². The molecule has 1 fully saturated rings. The standard InChI is InChI=1S/C25H28N8O/c26-8-7-19(13-27)30-25(34)24-11-16-3-5-21(12-23(16)31-24)33-9-1-2-20(15-33)29-18-4-6-22-17(10-18)14-28-32-22/h3-8,10-14,20,29,31H,1-2,9,15,26-27H2,(H,28,32)(H,30,34)/b8-7-,19-13+. The molecule has 1 aliphatic heterocycles. The van der Waals surface area contributed by atoms with Gasteiger partial charge in [0, 0.05) is 53.0 Å². The second kappa shape index (κ2) is 9.22. The number of nitrogens with zero attached hydrogens (tertiary/aromatic N) is 2. The zero-order valence-corrected chi connectivity index (χ0v) is 18.7. The molecule has 4 aromatic rings. The molecule has 9 nitrogen and oxygen atoms in total. The molecule has 3 heterocycles. The molecule has 8 N–H and O–H groups in total. The van der Waals surface area contributed by atoms with Crippen LogP contribution in [0.2, 0.25) is 0 Å². The zero-order chi connectivity index (χ0) is 23.5. The maximum Gasteiger partial charge on any atom is 0.272 e. The summed E-state index contributed by atoms with van der Waals surface area (Å²) in [5, 5.41) is 15.6. The predicted molar refractivity (Wildman–Crippen MR) is 136 cm³/mol. The number of H-pyrrole nitrogens is 2. The summed E-state index contributed by atoms with van der Waals surface area (Å²) in [7, 11) is 0. The number of aromatic amines is 2. The van der Waals surface area contributed by atoms with Crippen LogP contribution in [-0.4, -0.2) is 40.2 Å². The summed E-state index contributed by atoms with van der Waals surface area (Å²) in [5.41, 5.74) is 16.0. The Hall–Kier alpha value is -4.40. The predicted octanol–water partition coefficient (Wildman–Crippen LogP) is 3.13. The van der Waals surface area contributed by atoms with Crippen LogP contribution in [0.25, 0.3) is 21.8 Å². The third-order valence-electron chi connectivity index (χ3n) is 6.16. The van der Waals surface area contributed by atoms with Crippen LogP contribution in [0, 0.1) is 0 Å². The lowest BCUT2D eigenvalue weighted by atomic mass is 10.0. The van der Waals surface area contributed by atoms with Gasteiger partial charge in [-0.2, -0.15) is 5.10 Å². The number of piperidine rings is 1. The lowest BCUT2D eigenvalue weighted by Gasteiger charge is -2.35. The summed E-state index contributed by atoms with van der Waals surface area (Å²) in [6.07, 6.45) is 8.22. The molecule has 0 aliphatic carbocycles. The van der Waals surface area contributed by atoms with Crippen LogP contribution >= 0.6 is 0 Å². The smallest absolute Gasteiger partial charge is 0.272 e. The second-order valence-corrected chi connectivity index (χ2v) is 8.49. The number of allylic oxidation sites excluding steroid dienone is 1. The molecule has 0 radical (unpaired) electrons. The number of amides is 1. The lowest BCUT2D eigenvalue weighted by Crippen LogP contribution is -2.42. The Labute approximate surface area is 196 Å². The van der Waals surface area contributed by atoms with E-state index in [0.717, 1.165) is 59.1 Å². The SMILES string of the molecule is N/C=C\C(=C/N)NC(=O)c1cc2ccc(N3CCCC(Nc4ccc5[nH]ncc5c4)C3)cc2[nH]1. The molecular formula is C25H28N8O. The summed E-state index contributed by atoms with van der Waals surface area (Å²) in [6.45, 7) is 1.90. The topological polar surface area (TPSA) is 141 Å². The van der Waals surface area contributed by atoms with Gasteiger partial charge in [-0.05, 0) is 61.5 Å². The molecule has 0 spiro atoms. The van der Waals surface area contributed by atoms with Crippen LogP contribution < -0.4 is 27.0 Å². The van der Waals surface area contributed by atoms with Gasteiger partial charge in [0.25, 0.3) is 5.91 Å². The van der Waals surface area contributed by atoms with Crippen LogP contribution in [0.3, 0.4) is 0 Å². The number of nitrogens with one attached hydrogen (secondary N) is 4. The van der Waals surface area contributed by atoms with Crippen molar-refractivity contribution in [3.63, 3.8) is 0 Å². The molecule has 1 saturated heterocycles. The van der Waals surface area contributed by atoms with Gasteiger partial charge in [0.2, 0.25) is 0 Å². The number of benzene rings is 2. The van der Waals surface area contributed by atoms with Crippen LogP contribution in [-0.2, 0) is 0 Å². The van der Waals surface area contributed by atoms with Crippen molar-refractivity contribution in [2.24, 2.45) is 11.5 Å². The number of fused-ring (bicyclic) bond motifs is 2. The average molecular weight is 457 g/mol. The fourth-order valence-electron chi connectivity index (χ4n) is 4.47. The van der Waals surface area contributed by atoms with E-state index in [1.165, 1.54) is 18.5 Å². The summed E-state index contributed by atoms with van der Waals surface area (Å²) < 4.78 is 0. The van der Waals surface area contributed by atoms with Gasteiger partial charge in [0.1, 0.15) is 5.69 Å². The van der Waals surface area contributed by atoms with Gasteiger partial charge in [0.05, 0.1) is 17.4 Å². The Morgan fingerprint density at radius 3 is 2.88 bits per heavy atom. The Balaban J connectivity index is 1.29. The quantitative estimate of drug-likeness (QED) is 0.246. The molecule has 9 heteroatoms. The first kappa shape index (κ1) is 21.4. The van der Waals surface area contributed by atoms with Gasteiger partial charge in [0.15, 0.2) is 0 Å². The maximum atomic E-state index is 12.6. The number of anilines is 2. The Morgan fingerprint density at radius 2 is 2.03 bits per heavy atom. The van der Waals surface area contributed by atoms with Gasteiger partial charge in [-0.1, -0.05) is 6.07 Å². The molecule has 1 unspecified atom stereocenters. The third kappa shape index (κ3) is 4.40. The van der Waals surface area contributed by atoms with Gasteiger partial charge >= 0.3 is 0 Å². The molecule has 1 aliphatic rings. The molecule has 0 saturated carbocycles. The highest BCUT2D eigenvalue weighted by Gasteiger charge is 2.21. The molecule has 34 heavy (non-hydrogen) atoms. The van der Waals surface area contributed by atoms with Crippen molar-refractivity contribution in [2.45, 2.75) is 18.9 Å². The fourth-order valence-corrected chi connectivity index (χ4v) is 4.47. The van der Waals surface area contributed by atoms with E-state index in [1.807, 2.05) is 18.3 Å². The first-order valence-electron chi connectivity index (χ1n) is 11.3. The first-order chi connectivity index (χ1) is 16.6. The number of carbonyl (C=O) groups is 1. The van der Waals surface area contributed by atoms with Crippen LogP contribution in [0.1, 0.15) is 23.3 Å². The molecule has 5 rings (SSSR count). The fraction of sp³-hybridized carbons (Fsp3) is 0.200. The summed E-state index contributed by atoms with van der Waals surface area (Å²) >= 11 is 0. The van der Waals surface area contributed by atoms with Crippen molar-refractivity contribution in [1.82, 2.24) is 20.5 Å². The summed E-state index contributed by atoms with van der Waals surface area (Å²) in [6, 6.07) is 14.7. The zero-order valence-electron chi connectivity index (χ0n) is 18.7. The molecule has 2 aromatic carbocycles. The van der Waals surface area contributed by atoms with E-state index in [2.05, 4.69) is 61.0 Å². The van der Waals surface area contributed by atoms with E-state index >= 15 is 0 Å². The number of hydrogen-bond acceptors (Lipinski definition) is 6. The largest absolute Gasteiger partial charge is 0.405 e. The molecule has 1 amide bonds. The van der Waals surface area contributed by atoms with E-state index in [0.29, 0.717) is 17.4 Å². The van der Waals surface area contributed by atoms with Crippen molar-refractivity contribution in [1.29, 1.82) is 0 Å². The normalized spacial score (nSPS) is 17.0. The van der Waals surface area contributed by atoms with E-state index < -0.39 is 0 Å². The molecule has 2 aromatic heterocycles. The summed E-state index contributed by atoms with van der Waals surface area (Å²) in [4.78, 5) is 18.2. The van der Waals surface area contributed by atoms with Gasteiger partial charge in [-0.25, -0.2) is 0 Å². The molecule has 1 atom stereocenters. The lowest BCUT2D eigenvalue weighted by molar-refractivity contribution is 0.0963. The first-order valence-corrected chi connectivity index (χ1v) is 11.3. The highest BCUT2D eigenvalue weighted by Crippen LogP contribution is 2.27. The Bertz CT molecular complexity index is 1380. The Morgan fingerprint density at radius 1 is 1.12 bits per heavy atom. The number of rotatable bonds is 6. The van der Waals surface area contributed by atoms with Crippen molar-refractivity contribution in [3.05, 3.63) is 78.5 Å². The molecule has 174 valence electrons. The minimum absolute atomic E-state index is 0.274. The van der Waals surface area contributed by atoms with E-state index in [-0.39, 0.29) is 5.91 Å². The van der Waals surface area contributed by atoms with Crippen LogP contribution in [0.4, 0.5) is 11.4 Å². The molecule has 0 bridgehead atoms. The van der Waals surface area contributed by atoms with Crippen molar-refractivity contribution >= 4 is 39.1 Å². The number of aromatic nitrogens is 3. The Kier molecular flexibility index (Phi) is 5.82. The molecular weight excluding hydrogens is 428 g/mol. The minimum Gasteiger partial charge on any atom is -0.405 e. The number of nitrogens with two attached hydrogens (primary N) is 2. The van der Waals surface area contributed by atoms with E-state index in [1.54, 1.807) is 0 Å². The van der Waals surface area contributed by atoms with Gasteiger partial charge in [-0.3, -0.25) is 9.89 Å². The van der Waals surface area contributed by atoms with Crippen LogP contribution in [0.15, 0.2) is 72.8 Å². The number of hydrogen-bond donors (Lipinski definition) is 6. The maximum absolute atomic E-state index is 12.6. The average Bonchev–Trinajstić information content (AvgIpc) is 3.50. The highest BCUT2D eigenvalue weighted by atomic mass is 16.1. The minimum atomic E-state index is -0.274. The third-order valence-corrected chi connectivity index (χ3v) is 6.16. The van der Waals surface area contributed by atoms with Gasteiger partial charge in [-0.15, -0.1) is 0 Å². The van der Waals surface area contributed by atoms with E-state index in [9.17, 15) is 4.79 Å². The van der Waals surface area contributed by atoms with Gasteiger partial charge < -0.3 is 32.0 Å². The van der Waals surface area contributed by atoms with E-state index in [4.69, 9.17) is 11.5 Å². The van der Waals surface area contributed by atoms with Crippen molar-refractivity contribution < 1.29 is 4.79 Å². The van der Waals surface area contributed by atoms with Crippen molar-refractivity contribution in [2.75, 3.05) is 23.3 Å². The monoisotopic (exact) mass is 456 g/mol. The number of carbonyl (C=O) groups excluding carboxylic acids is 1.